The van der Waals surface area contributed by atoms with Gasteiger partial charge in [-0.25, -0.2) is 4.79 Å². The molecule has 0 unspecified atom stereocenters. The number of ether oxygens (including phenoxy) is 1. The molecule has 0 radical (unpaired) electrons. The lowest BCUT2D eigenvalue weighted by atomic mass is 9.79. The smallest absolute Gasteiger partial charge is 0.349 e. The number of nitrogens with zero attached hydrogens (tertiary/aromatic N) is 1. The van der Waals surface area contributed by atoms with E-state index in [2.05, 4.69) is 10.2 Å². The van der Waals surface area contributed by atoms with Gasteiger partial charge in [-0.1, -0.05) is 18.2 Å². The third-order valence-electron chi connectivity index (χ3n) is 4.72. The Kier molecular flexibility index (Phi) is 5.20. The van der Waals surface area contributed by atoms with Gasteiger partial charge in [0.2, 0.25) is 0 Å². The van der Waals surface area contributed by atoms with E-state index in [1.165, 1.54) is 0 Å². The van der Waals surface area contributed by atoms with Gasteiger partial charge < -0.3 is 19.4 Å². The van der Waals surface area contributed by atoms with Crippen molar-refractivity contribution in [2.45, 2.75) is 12.8 Å². The highest BCUT2D eigenvalue weighted by Gasteiger charge is 2.33. The monoisotopic (exact) mass is 344 g/mol. The molecule has 1 aliphatic rings. The summed E-state index contributed by atoms with van der Waals surface area (Å²) in [7, 11) is 4.05. The van der Waals surface area contributed by atoms with Crippen molar-refractivity contribution in [3.05, 3.63) is 46.3 Å². The Morgan fingerprint density at radius 2 is 1.96 bits per heavy atom. The van der Waals surface area contributed by atoms with Crippen LogP contribution in [0.5, 0.6) is 0 Å². The van der Waals surface area contributed by atoms with E-state index in [0.29, 0.717) is 25.3 Å². The van der Waals surface area contributed by atoms with Crippen LogP contribution in [0.15, 0.2) is 39.5 Å². The van der Waals surface area contributed by atoms with Gasteiger partial charge >= 0.3 is 5.63 Å². The fourth-order valence-electron chi connectivity index (χ4n) is 3.45. The van der Waals surface area contributed by atoms with Gasteiger partial charge in [-0.05, 0) is 39.1 Å². The molecule has 0 atom stereocenters. The van der Waals surface area contributed by atoms with Crippen LogP contribution in [0.25, 0.3) is 11.0 Å². The van der Waals surface area contributed by atoms with E-state index in [0.717, 1.165) is 24.8 Å². The second-order valence-corrected chi connectivity index (χ2v) is 7.02. The van der Waals surface area contributed by atoms with Crippen molar-refractivity contribution in [3.8, 4) is 0 Å². The minimum Gasteiger partial charge on any atom is -0.422 e. The van der Waals surface area contributed by atoms with Gasteiger partial charge in [0.15, 0.2) is 0 Å². The van der Waals surface area contributed by atoms with Crippen molar-refractivity contribution in [1.29, 1.82) is 0 Å². The maximum atomic E-state index is 12.6. The van der Waals surface area contributed by atoms with Crippen LogP contribution in [0.2, 0.25) is 0 Å². The maximum absolute atomic E-state index is 12.6. The van der Waals surface area contributed by atoms with Crippen molar-refractivity contribution in [2.75, 3.05) is 40.4 Å². The fourth-order valence-corrected chi connectivity index (χ4v) is 3.45. The first kappa shape index (κ1) is 17.6. The van der Waals surface area contributed by atoms with Crippen LogP contribution in [-0.4, -0.2) is 51.2 Å². The van der Waals surface area contributed by atoms with Crippen molar-refractivity contribution >= 4 is 16.9 Å². The highest BCUT2D eigenvalue weighted by Crippen LogP contribution is 2.30. The molecule has 134 valence electrons. The summed E-state index contributed by atoms with van der Waals surface area (Å²) in [6, 6.07) is 8.77. The Bertz CT molecular complexity index is 806. The number of nitrogens with one attached hydrogen (secondary N) is 1. The third-order valence-corrected chi connectivity index (χ3v) is 4.72. The normalized spacial score (nSPS) is 16.9. The van der Waals surface area contributed by atoms with Gasteiger partial charge in [0.05, 0.1) is 0 Å². The first-order valence-corrected chi connectivity index (χ1v) is 8.53. The molecule has 6 nitrogen and oxygen atoms in total. The molecule has 0 bridgehead atoms. The van der Waals surface area contributed by atoms with E-state index in [4.69, 9.17) is 9.15 Å². The number of carbonyl (C=O) groups is 1. The number of para-hydroxylation sites is 1. The van der Waals surface area contributed by atoms with Gasteiger partial charge in [-0.2, -0.15) is 0 Å². The standard InChI is InChI=1S/C19H24N2O4/c1-21(2)13-19(7-9-24-10-8-19)12-20-17(22)15-11-14-5-3-4-6-16(14)25-18(15)23/h3-6,11H,7-10,12-13H2,1-2H3,(H,20,22). The predicted octanol–water partition coefficient (Wildman–Crippen LogP) is 1.88. The second kappa shape index (κ2) is 7.37. The molecule has 0 aliphatic carbocycles. The lowest BCUT2D eigenvalue weighted by Crippen LogP contribution is -2.47. The van der Waals surface area contributed by atoms with Crippen molar-refractivity contribution in [3.63, 3.8) is 0 Å². The lowest BCUT2D eigenvalue weighted by molar-refractivity contribution is 0.00283. The first-order valence-electron chi connectivity index (χ1n) is 8.53. The molecule has 25 heavy (non-hydrogen) atoms. The molecule has 2 aromatic rings. The molecule has 1 aromatic heterocycles. The first-order chi connectivity index (χ1) is 12.0. The molecule has 2 heterocycles. The number of benzene rings is 1. The molecule has 1 aromatic carbocycles. The van der Waals surface area contributed by atoms with Crippen LogP contribution in [0.1, 0.15) is 23.2 Å². The van der Waals surface area contributed by atoms with E-state index >= 15 is 0 Å². The minimum atomic E-state index is -0.607. The largest absolute Gasteiger partial charge is 0.422 e. The molecular weight excluding hydrogens is 320 g/mol. The Morgan fingerprint density at radius 3 is 2.68 bits per heavy atom. The zero-order chi connectivity index (χ0) is 17.9. The molecule has 1 N–H and O–H groups in total. The summed E-state index contributed by atoms with van der Waals surface area (Å²) in [5.41, 5.74) is -0.109. The lowest BCUT2D eigenvalue weighted by Gasteiger charge is -2.39. The van der Waals surface area contributed by atoms with E-state index in [9.17, 15) is 9.59 Å². The molecule has 1 amide bonds. The van der Waals surface area contributed by atoms with Gasteiger partial charge in [-0.3, -0.25) is 4.79 Å². The average molecular weight is 344 g/mol. The third kappa shape index (κ3) is 4.08. The van der Waals surface area contributed by atoms with Crippen molar-refractivity contribution < 1.29 is 13.9 Å². The van der Waals surface area contributed by atoms with Crippen LogP contribution in [-0.2, 0) is 4.74 Å². The number of rotatable bonds is 5. The topological polar surface area (TPSA) is 71.8 Å². The van der Waals surface area contributed by atoms with Gasteiger partial charge in [0, 0.05) is 37.1 Å². The van der Waals surface area contributed by atoms with E-state index in [1.807, 2.05) is 26.2 Å². The maximum Gasteiger partial charge on any atom is 0.349 e. The van der Waals surface area contributed by atoms with E-state index in [1.54, 1.807) is 18.2 Å². The summed E-state index contributed by atoms with van der Waals surface area (Å²) in [5, 5.41) is 3.68. The Balaban J connectivity index is 1.77. The van der Waals surface area contributed by atoms with Crippen LogP contribution >= 0.6 is 0 Å². The minimum absolute atomic E-state index is 0.0333. The molecule has 1 aliphatic heterocycles. The number of fused-ring (bicyclic) bond motifs is 1. The molecule has 3 rings (SSSR count). The molecule has 0 saturated carbocycles. The summed E-state index contributed by atoms with van der Waals surface area (Å²) < 4.78 is 10.7. The Morgan fingerprint density at radius 1 is 1.24 bits per heavy atom. The Labute approximate surface area is 146 Å². The van der Waals surface area contributed by atoms with E-state index in [-0.39, 0.29) is 16.9 Å². The summed E-state index contributed by atoms with van der Waals surface area (Å²) in [6.45, 7) is 2.77. The molecule has 1 fully saturated rings. The molecule has 0 spiro atoms. The molecule has 1 saturated heterocycles. The quantitative estimate of drug-likeness (QED) is 0.839. The van der Waals surface area contributed by atoms with Crippen LogP contribution in [0.4, 0.5) is 0 Å². The van der Waals surface area contributed by atoms with Crippen LogP contribution < -0.4 is 10.9 Å². The molecule has 6 heteroatoms. The summed E-state index contributed by atoms with van der Waals surface area (Å²) in [4.78, 5) is 26.8. The fraction of sp³-hybridized carbons (Fsp3) is 0.474. The summed E-state index contributed by atoms with van der Waals surface area (Å²) >= 11 is 0. The number of hydrogen-bond donors (Lipinski definition) is 1. The van der Waals surface area contributed by atoms with Crippen LogP contribution in [0.3, 0.4) is 0 Å². The van der Waals surface area contributed by atoms with Gasteiger partial charge in [-0.15, -0.1) is 0 Å². The van der Waals surface area contributed by atoms with E-state index < -0.39 is 5.63 Å². The highest BCUT2D eigenvalue weighted by atomic mass is 16.5. The number of hydrogen-bond acceptors (Lipinski definition) is 5. The second-order valence-electron chi connectivity index (χ2n) is 7.02. The molecular formula is C19H24N2O4. The number of amides is 1. The SMILES string of the molecule is CN(C)CC1(CNC(=O)c2cc3ccccc3oc2=O)CCOCC1. The Hall–Kier alpha value is -2.18. The highest BCUT2D eigenvalue weighted by molar-refractivity contribution is 5.96. The zero-order valence-electron chi connectivity index (χ0n) is 14.7. The van der Waals surface area contributed by atoms with Crippen molar-refractivity contribution in [2.24, 2.45) is 5.41 Å². The van der Waals surface area contributed by atoms with Gasteiger partial charge in [0.1, 0.15) is 11.1 Å². The van der Waals surface area contributed by atoms with Crippen molar-refractivity contribution in [1.82, 2.24) is 10.2 Å². The van der Waals surface area contributed by atoms with Crippen LogP contribution in [0, 0.1) is 5.41 Å². The summed E-state index contributed by atoms with van der Waals surface area (Å²) in [5.74, 6) is -0.385. The predicted molar refractivity (Wildman–Crippen MR) is 95.9 cm³/mol. The number of carbonyl (C=O) groups excluding carboxylic acids is 1. The summed E-state index contributed by atoms with van der Waals surface area (Å²) in [6.07, 6.45) is 1.77. The van der Waals surface area contributed by atoms with Gasteiger partial charge in [0.25, 0.3) is 5.91 Å². The zero-order valence-corrected chi connectivity index (χ0v) is 14.7. The average Bonchev–Trinajstić information content (AvgIpc) is 2.59.